The normalized spacial score (nSPS) is 13.8. The van der Waals surface area contributed by atoms with E-state index in [4.69, 9.17) is 5.73 Å². The Bertz CT molecular complexity index is 568. The molecule has 2 aromatic rings. The average molecular weight is 274 g/mol. The standard InChI is InChI=1S/C13H18N6O/c1-3-9(2)12(14)13(20)16-10-5-4-6-11(7-10)19-8-15-17-18-19/h4-9,12H,3,14H2,1-2H3,(H,16,20)/t9-,12-/m0/s1. The first-order valence-corrected chi connectivity index (χ1v) is 6.51. The van der Waals surface area contributed by atoms with E-state index in [-0.39, 0.29) is 11.8 Å². The maximum absolute atomic E-state index is 12.0. The number of nitrogens with one attached hydrogen (secondary N) is 1. The monoisotopic (exact) mass is 274 g/mol. The Balaban J connectivity index is 2.10. The molecule has 1 aromatic carbocycles. The summed E-state index contributed by atoms with van der Waals surface area (Å²) in [5.41, 5.74) is 7.34. The minimum absolute atomic E-state index is 0.137. The molecular weight excluding hydrogens is 256 g/mol. The van der Waals surface area contributed by atoms with Crippen LogP contribution in [-0.4, -0.2) is 32.2 Å². The lowest BCUT2D eigenvalue weighted by molar-refractivity contribution is -0.118. The zero-order chi connectivity index (χ0) is 14.5. The van der Waals surface area contributed by atoms with Crippen molar-refractivity contribution in [2.75, 3.05) is 5.32 Å². The number of anilines is 1. The number of rotatable bonds is 5. The van der Waals surface area contributed by atoms with Gasteiger partial charge < -0.3 is 11.1 Å². The molecule has 20 heavy (non-hydrogen) atoms. The topological polar surface area (TPSA) is 98.7 Å². The molecule has 0 saturated carbocycles. The maximum Gasteiger partial charge on any atom is 0.241 e. The molecule has 106 valence electrons. The molecule has 0 aliphatic rings. The van der Waals surface area contributed by atoms with Crippen LogP contribution in [0.2, 0.25) is 0 Å². The quantitative estimate of drug-likeness (QED) is 0.846. The molecule has 2 rings (SSSR count). The van der Waals surface area contributed by atoms with E-state index in [9.17, 15) is 4.79 Å². The van der Waals surface area contributed by atoms with Crippen LogP contribution in [0.3, 0.4) is 0 Å². The molecule has 1 heterocycles. The molecule has 7 heteroatoms. The summed E-state index contributed by atoms with van der Waals surface area (Å²) in [6, 6.07) is 6.74. The average Bonchev–Trinajstić information content (AvgIpc) is 3.00. The van der Waals surface area contributed by atoms with E-state index in [2.05, 4.69) is 20.8 Å². The molecule has 1 amide bonds. The third kappa shape index (κ3) is 3.18. The van der Waals surface area contributed by atoms with Crippen molar-refractivity contribution in [2.24, 2.45) is 11.7 Å². The molecule has 0 aliphatic heterocycles. The Labute approximate surface area is 117 Å². The highest BCUT2D eigenvalue weighted by molar-refractivity contribution is 5.95. The van der Waals surface area contributed by atoms with Gasteiger partial charge in [0.15, 0.2) is 0 Å². The van der Waals surface area contributed by atoms with E-state index in [1.54, 1.807) is 12.1 Å². The second kappa shape index (κ2) is 6.25. The van der Waals surface area contributed by atoms with Gasteiger partial charge in [0.05, 0.1) is 11.7 Å². The Kier molecular flexibility index (Phi) is 4.41. The maximum atomic E-state index is 12.0. The number of nitrogens with two attached hydrogens (primary N) is 1. The fraction of sp³-hybridized carbons (Fsp3) is 0.385. The fourth-order valence-corrected chi connectivity index (χ4v) is 1.74. The largest absolute Gasteiger partial charge is 0.325 e. The van der Waals surface area contributed by atoms with Gasteiger partial charge >= 0.3 is 0 Å². The highest BCUT2D eigenvalue weighted by Gasteiger charge is 2.19. The zero-order valence-electron chi connectivity index (χ0n) is 11.5. The van der Waals surface area contributed by atoms with Gasteiger partial charge in [0.25, 0.3) is 0 Å². The van der Waals surface area contributed by atoms with Crippen molar-refractivity contribution in [3.63, 3.8) is 0 Å². The lowest BCUT2D eigenvalue weighted by Gasteiger charge is -2.17. The van der Waals surface area contributed by atoms with Crippen molar-refractivity contribution >= 4 is 11.6 Å². The Morgan fingerprint density at radius 2 is 2.30 bits per heavy atom. The van der Waals surface area contributed by atoms with Gasteiger partial charge in [-0.25, -0.2) is 4.68 Å². The van der Waals surface area contributed by atoms with Crippen LogP contribution in [0, 0.1) is 5.92 Å². The van der Waals surface area contributed by atoms with Gasteiger partial charge in [-0.15, -0.1) is 5.10 Å². The molecule has 0 radical (unpaired) electrons. The highest BCUT2D eigenvalue weighted by Crippen LogP contribution is 2.14. The van der Waals surface area contributed by atoms with Gasteiger partial charge in [-0.05, 0) is 34.5 Å². The number of hydrogen-bond donors (Lipinski definition) is 2. The van der Waals surface area contributed by atoms with Crippen LogP contribution < -0.4 is 11.1 Å². The number of carbonyl (C=O) groups is 1. The Morgan fingerprint density at radius 1 is 1.50 bits per heavy atom. The summed E-state index contributed by atoms with van der Waals surface area (Å²) < 4.78 is 1.52. The molecule has 3 N–H and O–H groups in total. The molecule has 0 bridgehead atoms. The van der Waals surface area contributed by atoms with Crippen LogP contribution in [0.25, 0.3) is 5.69 Å². The van der Waals surface area contributed by atoms with Crippen molar-refractivity contribution in [1.82, 2.24) is 20.2 Å². The lowest BCUT2D eigenvalue weighted by Crippen LogP contribution is -2.40. The molecule has 7 nitrogen and oxygen atoms in total. The third-order valence-electron chi connectivity index (χ3n) is 3.29. The zero-order valence-corrected chi connectivity index (χ0v) is 11.5. The van der Waals surface area contributed by atoms with Crippen LogP contribution in [0.15, 0.2) is 30.6 Å². The van der Waals surface area contributed by atoms with E-state index in [1.807, 2.05) is 26.0 Å². The van der Waals surface area contributed by atoms with Gasteiger partial charge in [-0.1, -0.05) is 26.3 Å². The molecular formula is C13H18N6O. The van der Waals surface area contributed by atoms with Crippen molar-refractivity contribution in [2.45, 2.75) is 26.3 Å². The minimum atomic E-state index is -0.517. The fourth-order valence-electron chi connectivity index (χ4n) is 1.74. The van der Waals surface area contributed by atoms with E-state index in [0.717, 1.165) is 12.1 Å². The Morgan fingerprint density at radius 3 is 2.95 bits per heavy atom. The number of aromatic nitrogens is 4. The van der Waals surface area contributed by atoms with E-state index in [0.29, 0.717) is 5.69 Å². The molecule has 2 atom stereocenters. The number of benzene rings is 1. The number of tetrazole rings is 1. The highest BCUT2D eigenvalue weighted by atomic mass is 16.2. The van der Waals surface area contributed by atoms with E-state index >= 15 is 0 Å². The predicted molar refractivity (Wildman–Crippen MR) is 75.2 cm³/mol. The van der Waals surface area contributed by atoms with Crippen molar-refractivity contribution in [3.05, 3.63) is 30.6 Å². The van der Waals surface area contributed by atoms with Crippen LogP contribution in [0.1, 0.15) is 20.3 Å². The molecule has 0 saturated heterocycles. The summed E-state index contributed by atoms with van der Waals surface area (Å²) in [5, 5.41) is 13.8. The van der Waals surface area contributed by atoms with Crippen molar-refractivity contribution in [1.29, 1.82) is 0 Å². The number of hydrogen-bond acceptors (Lipinski definition) is 5. The van der Waals surface area contributed by atoms with Gasteiger partial charge in [0.1, 0.15) is 6.33 Å². The Hall–Kier alpha value is -2.28. The molecule has 1 aromatic heterocycles. The second-order valence-corrected chi connectivity index (χ2v) is 4.71. The third-order valence-corrected chi connectivity index (χ3v) is 3.29. The first-order valence-electron chi connectivity index (χ1n) is 6.51. The summed E-state index contributed by atoms with van der Waals surface area (Å²) in [7, 11) is 0. The van der Waals surface area contributed by atoms with E-state index < -0.39 is 6.04 Å². The SMILES string of the molecule is CC[C@H](C)[C@H](N)C(=O)Nc1cccc(-n2cnnn2)c1. The van der Waals surface area contributed by atoms with E-state index in [1.165, 1.54) is 11.0 Å². The summed E-state index contributed by atoms with van der Waals surface area (Å²) in [5.74, 6) is -0.0501. The smallest absolute Gasteiger partial charge is 0.241 e. The summed E-state index contributed by atoms with van der Waals surface area (Å²) in [6.07, 6.45) is 2.35. The van der Waals surface area contributed by atoms with Gasteiger partial charge in [0.2, 0.25) is 5.91 Å². The molecule has 0 spiro atoms. The van der Waals surface area contributed by atoms with Crippen molar-refractivity contribution < 1.29 is 4.79 Å². The lowest BCUT2D eigenvalue weighted by atomic mass is 9.99. The van der Waals surface area contributed by atoms with Gasteiger partial charge in [-0.2, -0.15) is 0 Å². The second-order valence-electron chi connectivity index (χ2n) is 4.71. The summed E-state index contributed by atoms with van der Waals surface area (Å²) in [4.78, 5) is 12.0. The number of amides is 1. The molecule has 0 unspecified atom stereocenters. The minimum Gasteiger partial charge on any atom is -0.325 e. The first kappa shape index (κ1) is 14.1. The van der Waals surface area contributed by atoms with Crippen LogP contribution in [0.5, 0.6) is 0 Å². The van der Waals surface area contributed by atoms with Gasteiger partial charge in [0, 0.05) is 5.69 Å². The first-order chi connectivity index (χ1) is 9.61. The number of nitrogens with zero attached hydrogens (tertiary/aromatic N) is 4. The van der Waals surface area contributed by atoms with Crippen LogP contribution >= 0.6 is 0 Å². The predicted octanol–water partition coefficient (Wildman–Crippen LogP) is 0.974. The summed E-state index contributed by atoms with van der Waals surface area (Å²) in [6.45, 7) is 3.97. The summed E-state index contributed by atoms with van der Waals surface area (Å²) >= 11 is 0. The van der Waals surface area contributed by atoms with Crippen molar-refractivity contribution in [3.8, 4) is 5.69 Å². The van der Waals surface area contributed by atoms with Gasteiger partial charge in [-0.3, -0.25) is 4.79 Å². The molecule has 0 fully saturated rings. The molecule has 0 aliphatic carbocycles. The number of carbonyl (C=O) groups excluding carboxylic acids is 1. The van der Waals surface area contributed by atoms with Crippen LogP contribution in [0.4, 0.5) is 5.69 Å². The van der Waals surface area contributed by atoms with Crippen LogP contribution in [-0.2, 0) is 4.79 Å².